The average molecular weight is 439 g/mol. The van der Waals surface area contributed by atoms with Crippen molar-refractivity contribution in [2.45, 2.75) is 71.6 Å². The summed E-state index contributed by atoms with van der Waals surface area (Å²) >= 11 is 0. The minimum Gasteiger partial charge on any atom is -0.493 e. The third kappa shape index (κ3) is 8.78. The van der Waals surface area contributed by atoms with Gasteiger partial charge in [-0.15, -0.1) is 6.58 Å². The second-order valence-electron chi connectivity index (χ2n) is 7.90. The second kappa shape index (κ2) is 15.1. The largest absolute Gasteiger partial charge is 0.493 e. The van der Waals surface area contributed by atoms with E-state index in [1.54, 1.807) is 25.1 Å². The van der Waals surface area contributed by atoms with Gasteiger partial charge in [-0.3, -0.25) is 0 Å². The Balaban J connectivity index is 1.96. The number of allylic oxidation sites excluding steroid dienone is 1. The van der Waals surface area contributed by atoms with Crippen molar-refractivity contribution in [2.24, 2.45) is 0 Å². The maximum atomic E-state index is 12.2. The summed E-state index contributed by atoms with van der Waals surface area (Å²) in [5, 5.41) is 0. The molecule has 4 nitrogen and oxygen atoms in total. The first-order chi connectivity index (χ1) is 15.7. The Bertz CT molecular complexity index is 828. The molecule has 0 spiro atoms. The molecule has 2 rings (SSSR count). The van der Waals surface area contributed by atoms with Crippen molar-refractivity contribution in [3.8, 4) is 17.2 Å². The molecule has 0 aliphatic heterocycles. The van der Waals surface area contributed by atoms with Crippen molar-refractivity contribution < 1.29 is 19.0 Å². The number of hydrogen-bond donors (Lipinski definition) is 0. The quantitative estimate of drug-likeness (QED) is 0.152. The summed E-state index contributed by atoms with van der Waals surface area (Å²) in [5.41, 5.74) is 1.48. The van der Waals surface area contributed by atoms with Gasteiger partial charge in [0.1, 0.15) is 22.8 Å². The smallest absolute Gasteiger partial charge is 0.341 e. The van der Waals surface area contributed by atoms with Crippen molar-refractivity contribution in [3.05, 3.63) is 66.2 Å². The van der Waals surface area contributed by atoms with E-state index < -0.39 is 5.97 Å². The predicted molar refractivity (Wildman–Crippen MR) is 131 cm³/mol. The number of rotatable bonds is 16. The van der Waals surface area contributed by atoms with E-state index in [1.165, 1.54) is 44.9 Å². The number of ether oxygens (including phenoxy) is 3. The molecule has 32 heavy (non-hydrogen) atoms. The summed E-state index contributed by atoms with van der Waals surface area (Å²) in [6.07, 6.45) is 12.7. The lowest BCUT2D eigenvalue weighted by atomic mass is 10.1. The number of unbranched alkanes of at least 4 members (excludes halogenated alkanes) is 7. The van der Waals surface area contributed by atoms with Gasteiger partial charge in [0.25, 0.3) is 0 Å². The first kappa shape index (κ1) is 25.5. The van der Waals surface area contributed by atoms with E-state index in [0.717, 1.165) is 24.2 Å². The zero-order valence-corrected chi connectivity index (χ0v) is 19.7. The molecule has 0 fully saturated rings. The third-order valence-corrected chi connectivity index (χ3v) is 5.27. The van der Waals surface area contributed by atoms with E-state index in [4.69, 9.17) is 14.2 Å². The molecular weight excluding hydrogens is 400 g/mol. The maximum Gasteiger partial charge on any atom is 0.341 e. The third-order valence-electron chi connectivity index (χ3n) is 5.27. The molecule has 0 amide bonds. The van der Waals surface area contributed by atoms with Crippen molar-refractivity contribution in [1.82, 2.24) is 0 Å². The van der Waals surface area contributed by atoms with Gasteiger partial charge in [-0.05, 0) is 43.5 Å². The fourth-order valence-corrected chi connectivity index (χ4v) is 3.54. The zero-order valence-electron chi connectivity index (χ0n) is 19.7. The normalized spacial score (nSPS) is 10.6. The molecule has 0 aliphatic carbocycles. The number of para-hydroxylation sites is 1. The van der Waals surface area contributed by atoms with Gasteiger partial charge < -0.3 is 14.2 Å². The molecule has 2 aromatic rings. The van der Waals surface area contributed by atoms with E-state index in [-0.39, 0.29) is 0 Å². The summed E-state index contributed by atoms with van der Waals surface area (Å²) in [6.45, 7) is 8.89. The van der Waals surface area contributed by atoms with E-state index in [2.05, 4.69) is 13.5 Å². The SMILES string of the molecule is C=CCc1ccc(Oc2ccccc2C(=O)OCC)cc1OCCCCCCCCCC. The molecule has 0 saturated heterocycles. The lowest BCUT2D eigenvalue weighted by Gasteiger charge is -2.14. The number of hydrogen-bond acceptors (Lipinski definition) is 4. The molecule has 174 valence electrons. The van der Waals surface area contributed by atoms with Crippen molar-refractivity contribution in [2.75, 3.05) is 13.2 Å². The van der Waals surface area contributed by atoms with Gasteiger partial charge in [-0.1, -0.05) is 76.1 Å². The Labute approximate surface area is 193 Å². The van der Waals surface area contributed by atoms with Crippen LogP contribution >= 0.6 is 0 Å². The fraction of sp³-hybridized carbons (Fsp3) is 0.464. The molecule has 0 heterocycles. The lowest BCUT2D eigenvalue weighted by Crippen LogP contribution is -2.06. The van der Waals surface area contributed by atoms with Crippen LogP contribution in [0.15, 0.2) is 55.1 Å². The molecule has 0 unspecified atom stereocenters. The van der Waals surface area contributed by atoms with E-state index in [1.807, 2.05) is 30.3 Å². The van der Waals surface area contributed by atoms with Gasteiger partial charge in [0, 0.05) is 6.07 Å². The van der Waals surface area contributed by atoms with Crippen LogP contribution in [0.3, 0.4) is 0 Å². The number of carbonyl (C=O) groups is 1. The van der Waals surface area contributed by atoms with Gasteiger partial charge in [0.2, 0.25) is 0 Å². The average Bonchev–Trinajstić information content (AvgIpc) is 2.80. The molecule has 0 atom stereocenters. The summed E-state index contributed by atoms with van der Waals surface area (Å²) in [6, 6.07) is 12.9. The lowest BCUT2D eigenvalue weighted by molar-refractivity contribution is 0.0523. The second-order valence-corrected chi connectivity index (χ2v) is 7.90. The maximum absolute atomic E-state index is 12.2. The molecule has 0 aromatic heterocycles. The first-order valence-corrected chi connectivity index (χ1v) is 12.0. The first-order valence-electron chi connectivity index (χ1n) is 12.0. The molecule has 2 aromatic carbocycles. The highest BCUT2D eigenvalue weighted by atomic mass is 16.5. The van der Waals surface area contributed by atoms with Gasteiger partial charge >= 0.3 is 5.97 Å². The van der Waals surface area contributed by atoms with Crippen LogP contribution < -0.4 is 9.47 Å². The van der Waals surface area contributed by atoms with Gasteiger partial charge in [-0.2, -0.15) is 0 Å². The van der Waals surface area contributed by atoms with Crippen LogP contribution in [0.5, 0.6) is 17.2 Å². The highest BCUT2D eigenvalue weighted by Crippen LogP contribution is 2.31. The molecule has 0 aliphatic rings. The van der Waals surface area contributed by atoms with Gasteiger partial charge in [0.05, 0.1) is 13.2 Å². The summed E-state index contributed by atoms with van der Waals surface area (Å²) in [5.74, 6) is 1.51. The van der Waals surface area contributed by atoms with Gasteiger partial charge in [0.15, 0.2) is 0 Å². The van der Waals surface area contributed by atoms with Crippen LogP contribution in [0.2, 0.25) is 0 Å². The number of benzene rings is 2. The Kier molecular flexibility index (Phi) is 12.1. The standard InChI is InChI=1S/C28H38O4/c1-4-7-8-9-10-11-12-15-21-31-27-22-24(20-19-23(27)16-5-2)32-26-18-14-13-17-25(26)28(29)30-6-3/h5,13-14,17-20,22H,2,4,6-12,15-16,21H2,1,3H3. The molecule has 0 saturated carbocycles. The zero-order chi connectivity index (χ0) is 23.0. The van der Waals surface area contributed by atoms with Crippen LogP contribution in [-0.2, 0) is 11.2 Å². The van der Waals surface area contributed by atoms with Crippen molar-refractivity contribution >= 4 is 5.97 Å². The topological polar surface area (TPSA) is 44.8 Å². The Hall–Kier alpha value is -2.75. The minimum absolute atomic E-state index is 0.320. The number of carbonyl (C=O) groups excluding carboxylic acids is 1. The van der Waals surface area contributed by atoms with E-state index in [9.17, 15) is 4.79 Å². The summed E-state index contributed by atoms with van der Waals surface area (Å²) in [7, 11) is 0. The number of esters is 1. The van der Waals surface area contributed by atoms with Crippen LogP contribution in [-0.4, -0.2) is 19.2 Å². The Morgan fingerprint density at radius 1 is 0.906 bits per heavy atom. The molecule has 0 bridgehead atoms. The minimum atomic E-state index is -0.391. The van der Waals surface area contributed by atoms with Gasteiger partial charge in [-0.25, -0.2) is 4.79 Å². The fourth-order valence-electron chi connectivity index (χ4n) is 3.54. The Morgan fingerprint density at radius 2 is 1.62 bits per heavy atom. The van der Waals surface area contributed by atoms with Crippen LogP contribution in [0.4, 0.5) is 0 Å². The van der Waals surface area contributed by atoms with Crippen LogP contribution in [0, 0.1) is 0 Å². The van der Waals surface area contributed by atoms with Crippen molar-refractivity contribution in [3.63, 3.8) is 0 Å². The molecule has 0 radical (unpaired) electrons. The van der Waals surface area contributed by atoms with Crippen LogP contribution in [0.1, 0.15) is 81.1 Å². The van der Waals surface area contributed by atoms with Crippen molar-refractivity contribution in [1.29, 1.82) is 0 Å². The highest BCUT2D eigenvalue weighted by Gasteiger charge is 2.14. The molecule has 0 N–H and O–H groups in total. The molecule has 4 heteroatoms. The summed E-state index contributed by atoms with van der Waals surface area (Å²) < 4.78 is 17.3. The van der Waals surface area contributed by atoms with E-state index in [0.29, 0.717) is 30.3 Å². The monoisotopic (exact) mass is 438 g/mol. The highest BCUT2D eigenvalue weighted by molar-refractivity contribution is 5.92. The predicted octanol–water partition coefficient (Wildman–Crippen LogP) is 7.90. The Morgan fingerprint density at radius 3 is 2.34 bits per heavy atom. The molecular formula is C28H38O4. The summed E-state index contributed by atoms with van der Waals surface area (Å²) in [4.78, 5) is 12.2. The van der Waals surface area contributed by atoms with E-state index >= 15 is 0 Å². The van der Waals surface area contributed by atoms with Crippen LogP contribution in [0.25, 0.3) is 0 Å².